The first-order chi connectivity index (χ1) is 11.0. The Morgan fingerprint density at radius 2 is 1.71 bits per heavy atom. The summed E-state index contributed by atoms with van der Waals surface area (Å²) in [5.41, 5.74) is -5.79. The van der Waals surface area contributed by atoms with Gasteiger partial charge in [0.15, 0.2) is 15.9 Å². The highest BCUT2D eigenvalue weighted by atomic mass is 32.2. The topological polar surface area (TPSA) is 101 Å². The van der Waals surface area contributed by atoms with Gasteiger partial charge in [0, 0.05) is 6.42 Å². The van der Waals surface area contributed by atoms with Crippen molar-refractivity contribution in [3.05, 3.63) is 42.0 Å². The molecule has 0 saturated heterocycles. The van der Waals surface area contributed by atoms with Gasteiger partial charge in [-0.3, -0.25) is 0 Å². The Hall–Kier alpha value is -1.64. The maximum absolute atomic E-state index is 12.5. The molecule has 0 bridgehead atoms. The molecule has 133 valence electrons. The minimum absolute atomic E-state index is 0.0209. The summed E-state index contributed by atoms with van der Waals surface area (Å²) in [6, 6.07) is 8.49. The highest BCUT2D eigenvalue weighted by Crippen LogP contribution is 2.30. The molecule has 0 heterocycles. The van der Waals surface area contributed by atoms with E-state index >= 15 is 0 Å². The third-order valence-corrected chi connectivity index (χ3v) is 5.28. The van der Waals surface area contributed by atoms with Crippen LogP contribution in [-0.2, 0) is 24.1 Å². The molecule has 1 radical (unpaired) electrons. The molecule has 0 aromatic heterocycles. The summed E-state index contributed by atoms with van der Waals surface area (Å²) < 4.78 is 87.7. The Morgan fingerprint density at radius 3 is 2.21 bits per heavy atom. The fraction of sp³-hybridized carbons (Fsp3) is 0.385. The Morgan fingerprint density at radius 1 is 1.12 bits per heavy atom. The van der Waals surface area contributed by atoms with Gasteiger partial charge in [0.25, 0.3) is 0 Å². The van der Waals surface area contributed by atoms with E-state index in [4.69, 9.17) is 5.26 Å². The lowest BCUT2D eigenvalue weighted by molar-refractivity contribution is -0.0532. The van der Waals surface area contributed by atoms with E-state index < -0.39 is 43.1 Å². The zero-order valence-corrected chi connectivity index (χ0v) is 13.8. The van der Waals surface area contributed by atoms with Gasteiger partial charge in [-0.2, -0.15) is 26.9 Å². The minimum atomic E-state index is -6.00. The third-order valence-electron chi connectivity index (χ3n) is 2.68. The Labute approximate surface area is 137 Å². The molecule has 1 rings (SSSR count). The molecule has 0 aliphatic carbocycles. The van der Waals surface area contributed by atoms with Crippen LogP contribution >= 0.6 is 0 Å². The van der Waals surface area contributed by atoms with Crippen LogP contribution in [0, 0.1) is 17.4 Å². The highest BCUT2D eigenvalue weighted by molar-refractivity contribution is 7.91. The van der Waals surface area contributed by atoms with Crippen LogP contribution in [-0.4, -0.2) is 33.8 Å². The van der Waals surface area contributed by atoms with Gasteiger partial charge >= 0.3 is 15.6 Å². The van der Waals surface area contributed by atoms with E-state index in [0.29, 0.717) is 0 Å². The van der Waals surface area contributed by atoms with E-state index in [1.807, 2.05) is 0 Å². The van der Waals surface area contributed by atoms with E-state index in [0.717, 1.165) is 0 Å². The SMILES string of the molecule is N#CCCCS(=O)(=O)C[C](OS(=O)(=O)C(F)(F)F)c1ccccc1. The zero-order chi connectivity index (χ0) is 18.4. The monoisotopic (exact) mass is 384 g/mol. The summed E-state index contributed by atoms with van der Waals surface area (Å²) in [5.74, 6) is -1.51. The van der Waals surface area contributed by atoms with Crippen LogP contribution in [0.1, 0.15) is 18.4 Å². The minimum Gasteiger partial charge on any atom is -0.247 e. The molecule has 0 unspecified atom stereocenters. The maximum atomic E-state index is 12.5. The molecule has 0 saturated carbocycles. The molecule has 1 aromatic rings. The first kappa shape index (κ1) is 20.4. The van der Waals surface area contributed by atoms with Crippen molar-refractivity contribution in [2.45, 2.75) is 18.3 Å². The number of nitrogens with zero attached hydrogens (tertiary/aromatic N) is 1. The van der Waals surface area contributed by atoms with E-state index in [-0.39, 0.29) is 18.4 Å². The van der Waals surface area contributed by atoms with Gasteiger partial charge < -0.3 is 0 Å². The van der Waals surface area contributed by atoms with Crippen molar-refractivity contribution in [1.29, 1.82) is 5.26 Å². The predicted octanol–water partition coefficient (Wildman–Crippen LogP) is 2.15. The van der Waals surface area contributed by atoms with Crippen molar-refractivity contribution in [2.24, 2.45) is 0 Å². The van der Waals surface area contributed by atoms with Crippen LogP contribution in [0.2, 0.25) is 0 Å². The maximum Gasteiger partial charge on any atom is 0.523 e. The highest BCUT2D eigenvalue weighted by Gasteiger charge is 2.49. The number of halogens is 3. The molecule has 0 amide bonds. The summed E-state index contributed by atoms with van der Waals surface area (Å²) in [6.45, 7) is 0. The zero-order valence-electron chi connectivity index (χ0n) is 12.2. The van der Waals surface area contributed by atoms with E-state index in [2.05, 4.69) is 4.18 Å². The van der Waals surface area contributed by atoms with Crippen molar-refractivity contribution in [2.75, 3.05) is 11.5 Å². The summed E-state index contributed by atoms with van der Waals surface area (Å²) in [4.78, 5) is 0. The molecule has 0 fully saturated rings. The quantitative estimate of drug-likeness (QED) is 0.387. The molecule has 6 nitrogen and oxygen atoms in total. The number of hydrogen-bond acceptors (Lipinski definition) is 6. The second kappa shape index (κ2) is 7.96. The average molecular weight is 384 g/mol. The summed E-state index contributed by atoms with van der Waals surface area (Å²) >= 11 is 0. The van der Waals surface area contributed by atoms with Crippen molar-refractivity contribution >= 4 is 20.0 Å². The van der Waals surface area contributed by atoms with E-state index in [9.17, 15) is 30.0 Å². The number of sulfone groups is 1. The largest absolute Gasteiger partial charge is 0.523 e. The first-order valence-corrected chi connectivity index (χ1v) is 9.71. The molecule has 0 aliphatic heterocycles. The van der Waals surface area contributed by atoms with Crippen LogP contribution in [0.5, 0.6) is 0 Å². The van der Waals surface area contributed by atoms with Gasteiger partial charge in [-0.1, -0.05) is 30.3 Å². The number of alkyl halides is 3. The van der Waals surface area contributed by atoms with Crippen molar-refractivity contribution in [3.8, 4) is 6.07 Å². The lowest BCUT2D eigenvalue weighted by Crippen LogP contribution is -2.30. The van der Waals surface area contributed by atoms with Crippen molar-refractivity contribution < 1.29 is 34.2 Å². The second-order valence-electron chi connectivity index (χ2n) is 4.63. The van der Waals surface area contributed by atoms with Gasteiger partial charge in [0.1, 0.15) is 0 Å². The standard InChI is InChI=1S/C13H13F3NO5S2/c14-13(15,16)24(20,21)22-12(11-6-2-1-3-7-11)10-23(18,19)9-5-4-8-17/h1-3,6-7H,4-5,9-10H2. The Kier molecular flexibility index (Phi) is 6.76. The van der Waals surface area contributed by atoms with Crippen LogP contribution in [0.4, 0.5) is 13.2 Å². The molecule has 0 atom stereocenters. The number of benzene rings is 1. The molecule has 0 aliphatic rings. The van der Waals surface area contributed by atoms with Gasteiger partial charge in [-0.15, -0.1) is 0 Å². The van der Waals surface area contributed by atoms with Gasteiger partial charge in [-0.25, -0.2) is 12.6 Å². The summed E-state index contributed by atoms with van der Waals surface area (Å²) in [5, 5.41) is 8.39. The molecular weight excluding hydrogens is 371 g/mol. The number of hydrogen-bond donors (Lipinski definition) is 0. The number of rotatable bonds is 8. The van der Waals surface area contributed by atoms with E-state index in [1.54, 1.807) is 6.07 Å². The molecule has 1 aromatic carbocycles. The smallest absolute Gasteiger partial charge is 0.247 e. The molecular formula is C13H13F3NO5S2. The normalized spacial score (nSPS) is 13.0. The van der Waals surface area contributed by atoms with Crippen molar-refractivity contribution in [3.63, 3.8) is 0 Å². The molecule has 0 N–H and O–H groups in total. The van der Waals surface area contributed by atoms with Crippen molar-refractivity contribution in [1.82, 2.24) is 0 Å². The van der Waals surface area contributed by atoms with Crippen LogP contribution < -0.4 is 0 Å². The summed E-state index contributed by atoms with van der Waals surface area (Å²) in [7, 11) is -9.96. The fourth-order valence-corrected chi connectivity index (χ4v) is 3.54. The number of unbranched alkanes of at least 4 members (excludes halogenated alkanes) is 1. The third kappa shape index (κ3) is 6.10. The Balaban J connectivity index is 3.07. The summed E-state index contributed by atoms with van der Waals surface area (Å²) in [6.07, 6.45) is -0.918. The second-order valence-corrected chi connectivity index (χ2v) is 8.35. The molecule has 0 spiro atoms. The Bertz CT molecular complexity index is 783. The van der Waals surface area contributed by atoms with Gasteiger partial charge in [0.05, 0.1) is 17.6 Å². The lowest BCUT2D eigenvalue weighted by atomic mass is 10.1. The van der Waals surface area contributed by atoms with Gasteiger partial charge in [0.2, 0.25) is 0 Å². The van der Waals surface area contributed by atoms with E-state index in [1.165, 1.54) is 30.3 Å². The number of nitriles is 1. The molecule has 24 heavy (non-hydrogen) atoms. The molecule has 11 heteroatoms. The van der Waals surface area contributed by atoms with Crippen LogP contribution in [0.15, 0.2) is 30.3 Å². The average Bonchev–Trinajstić information content (AvgIpc) is 2.46. The van der Waals surface area contributed by atoms with Crippen LogP contribution in [0.3, 0.4) is 0 Å². The van der Waals surface area contributed by atoms with Gasteiger partial charge in [-0.05, 0) is 12.0 Å². The predicted molar refractivity (Wildman–Crippen MR) is 78.3 cm³/mol. The van der Waals surface area contributed by atoms with Crippen LogP contribution in [0.25, 0.3) is 0 Å². The fourth-order valence-electron chi connectivity index (χ4n) is 1.60. The lowest BCUT2D eigenvalue weighted by Gasteiger charge is -2.17. The first-order valence-electron chi connectivity index (χ1n) is 6.48.